The van der Waals surface area contributed by atoms with Crippen LogP contribution >= 0.6 is 0 Å². The Bertz CT molecular complexity index is 953. The van der Waals surface area contributed by atoms with Crippen molar-refractivity contribution in [3.8, 4) is 0 Å². The highest BCUT2D eigenvalue weighted by Crippen LogP contribution is 2.41. The zero-order valence-electron chi connectivity index (χ0n) is 17.0. The number of alkyl halides is 3. The van der Waals surface area contributed by atoms with E-state index in [-0.39, 0.29) is 30.1 Å². The van der Waals surface area contributed by atoms with Crippen molar-refractivity contribution in [1.82, 2.24) is 20.0 Å². The lowest BCUT2D eigenvalue weighted by molar-refractivity contribution is -0.138. The van der Waals surface area contributed by atoms with Crippen molar-refractivity contribution in [2.45, 2.75) is 31.5 Å². The Kier molecular flexibility index (Phi) is 5.40. The minimum absolute atomic E-state index is 0.00233. The third kappa shape index (κ3) is 3.86. The Hall–Kier alpha value is -3.04. The van der Waals surface area contributed by atoms with Crippen molar-refractivity contribution >= 4 is 17.8 Å². The van der Waals surface area contributed by atoms with Crippen LogP contribution in [0.1, 0.15) is 36.4 Å². The summed E-state index contributed by atoms with van der Waals surface area (Å²) in [6, 6.07) is 3.05. The highest BCUT2D eigenvalue weighted by atomic mass is 19.4. The summed E-state index contributed by atoms with van der Waals surface area (Å²) in [6.45, 7) is 1.11. The molecule has 1 aromatic carbocycles. The van der Waals surface area contributed by atoms with Crippen molar-refractivity contribution in [3.05, 3.63) is 46.7 Å². The first-order chi connectivity index (χ1) is 14.7. The molecule has 1 fully saturated rings. The molecule has 0 bridgehead atoms. The molecule has 1 aromatic rings. The smallest absolute Gasteiger partial charge is 0.341 e. The van der Waals surface area contributed by atoms with Crippen molar-refractivity contribution in [3.63, 3.8) is 0 Å². The number of carbonyl (C=O) groups excluding carboxylic acids is 3. The summed E-state index contributed by atoms with van der Waals surface area (Å²) in [5.41, 5.74) is -0.707. The molecule has 3 aliphatic rings. The van der Waals surface area contributed by atoms with Crippen LogP contribution < -0.4 is 5.32 Å². The zero-order chi connectivity index (χ0) is 22.3. The van der Waals surface area contributed by atoms with Gasteiger partial charge in [0.2, 0.25) is 5.91 Å². The van der Waals surface area contributed by atoms with Gasteiger partial charge >= 0.3 is 12.2 Å². The fourth-order valence-corrected chi connectivity index (χ4v) is 4.40. The van der Waals surface area contributed by atoms with Gasteiger partial charge in [0.15, 0.2) is 0 Å². The molecule has 0 saturated carbocycles. The summed E-state index contributed by atoms with van der Waals surface area (Å²) in [5, 5.41) is 2.52. The maximum atomic E-state index is 13.6. The molecule has 4 amide bonds. The van der Waals surface area contributed by atoms with Crippen LogP contribution in [0.25, 0.3) is 0 Å². The van der Waals surface area contributed by atoms with Crippen LogP contribution in [-0.4, -0.2) is 65.8 Å². The Morgan fingerprint density at radius 2 is 1.81 bits per heavy atom. The van der Waals surface area contributed by atoms with Crippen molar-refractivity contribution in [2.24, 2.45) is 0 Å². The number of likely N-dealkylation sites (N-methyl/N-ethyl adjacent to an activating group) is 1. The molecule has 0 unspecified atom stereocenters. The predicted octanol–water partition coefficient (Wildman–Crippen LogP) is 2.51. The molecule has 7 nitrogen and oxygen atoms in total. The van der Waals surface area contributed by atoms with Gasteiger partial charge in [-0.1, -0.05) is 18.2 Å². The van der Waals surface area contributed by atoms with E-state index in [0.717, 1.165) is 25.3 Å². The van der Waals surface area contributed by atoms with Gasteiger partial charge in [0, 0.05) is 20.1 Å². The van der Waals surface area contributed by atoms with E-state index in [1.165, 1.54) is 35.0 Å². The fraction of sp³-hybridized carbons (Fsp3) is 0.476. The summed E-state index contributed by atoms with van der Waals surface area (Å²) >= 11 is 0. The molecule has 0 radical (unpaired) electrons. The van der Waals surface area contributed by atoms with E-state index < -0.39 is 29.7 Å². The van der Waals surface area contributed by atoms with E-state index in [9.17, 15) is 27.6 Å². The first-order valence-electron chi connectivity index (χ1n) is 10.2. The van der Waals surface area contributed by atoms with E-state index in [1.54, 1.807) is 4.90 Å². The van der Waals surface area contributed by atoms with Crippen LogP contribution in [0.4, 0.5) is 18.0 Å². The van der Waals surface area contributed by atoms with Gasteiger partial charge in [0.1, 0.15) is 6.54 Å². The maximum Gasteiger partial charge on any atom is 0.416 e. The molecule has 1 N–H and O–H groups in total. The lowest BCUT2D eigenvalue weighted by Gasteiger charge is -2.32. The van der Waals surface area contributed by atoms with Gasteiger partial charge in [-0.3, -0.25) is 14.5 Å². The van der Waals surface area contributed by atoms with Gasteiger partial charge in [-0.25, -0.2) is 4.79 Å². The third-order valence-corrected chi connectivity index (χ3v) is 6.05. The number of carbonyl (C=O) groups is 3. The minimum atomic E-state index is -4.64. The second-order valence-electron chi connectivity index (χ2n) is 7.99. The van der Waals surface area contributed by atoms with Crippen molar-refractivity contribution in [2.75, 3.05) is 33.2 Å². The number of rotatable bonds is 3. The second-order valence-corrected chi connectivity index (χ2v) is 7.99. The maximum absolute atomic E-state index is 13.6. The monoisotopic (exact) mass is 436 g/mol. The van der Waals surface area contributed by atoms with Gasteiger partial charge < -0.3 is 15.1 Å². The largest absolute Gasteiger partial charge is 0.416 e. The van der Waals surface area contributed by atoms with E-state index in [0.29, 0.717) is 18.8 Å². The van der Waals surface area contributed by atoms with Gasteiger partial charge in [-0.05, 0) is 30.9 Å². The summed E-state index contributed by atoms with van der Waals surface area (Å²) in [6.07, 6.45) is -1.77. The quantitative estimate of drug-likeness (QED) is 0.792. The van der Waals surface area contributed by atoms with Crippen molar-refractivity contribution < 1.29 is 27.6 Å². The molecule has 0 spiro atoms. The number of likely N-dealkylation sites (tertiary alicyclic amines) is 1. The second kappa shape index (κ2) is 7.90. The molecule has 10 heteroatoms. The van der Waals surface area contributed by atoms with Crippen molar-refractivity contribution in [1.29, 1.82) is 0 Å². The predicted molar refractivity (Wildman–Crippen MR) is 105 cm³/mol. The molecule has 1 atom stereocenters. The SMILES string of the molecule is CN1C(=O)N[C@@H](c2ccccc2C(F)(F)F)C2=C1CN(CC(=O)N1CCCCC1)C2=O. The number of hydrogen-bond donors (Lipinski definition) is 1. The number of benzene rings is 1. The fourth-order valence-electron chi connectivity index (χ4n) is 4.40. The Labute approximate surface area is 177 Å². The molecule has 3 heterocycles. The molecule has 31 heavy (non-hydrogen) atoms. The summed E-state index contributed by atoms with van der Waals surface area (Å²) < 4.78 is 40.8. The number of hydrogen-bond acceptors (Lipinski definition) is 3. The number of nitrogens with zero attached hydrogens (tertiary/aromatic N) is 3. The summed E-state index contributed by atoms with van der Waals surface area (Å²) in [4.78, 5) is 42.5. The first kappa shape index (κ1) is 21.2. The molecule has 0 aliphatic carbocycles. The Balaban J connectivity index is 1.64. The molecule has 166 valence electrons. The van der Waals surface area contributed by atoms with Crippen LogP contribution in [-0.2, 0) is 15.8 Å². The number of amides is 4. The number of nitrogens with one attached hydrogen (secondary N) is 1. The van der Waals surface area contributed by atoms with E-state index in [4.69, 9.17) is 0 Å². The molecular weight excluding hydrogens is 413 g/mol. The number of piperidine rings is 1. The normalized spacial score (nSPS) is 22.1. The number of urea groups is 1. The molecule has 4 rings (SSSR count). The van der Waals surface area contributed by atoms with E-state index in [1.807, 2.05) is 0 Å². The van der Waals surface area contributed by atoms with Gasteiger partial charge in [-0.2, -0.15) is 13.2 Å². The van der Waals surface area contributed by atoms with Gasteiger partial charge in [0.25, 0.3) is 5.91 Å². The third-order valence-electron chi connectivity index (χ3n) is 6.05. The topological polar surface area (TPSA) is 73.0 Å². The average Bonchev–Trinajstić information content (AvgIpc) is 3.07. The minimum Gasteiger partial charge on any atom is -0.341 e. The Morgan fingerprint density at radius 3 is 2.48 bits per heavy atom. The molecular formula is C21H23F3N4O3. The lowest BCUT2D eigenvalue weighted by Crippen LogP contribution is -2.45. The highest BCUT2D eigenvalue weighted by Gasteiger charge is 2.46. The first-order valence-corrected chi connectivity index (χ1v) is 10.2. The van der Waals surface area contributed by atoms with E-state index in [2.05, 4.69) is 5.32 Å². The Morgan fingerprint density at radius 1 is 1.13 bits per heavy atom. The number of halogens is 3. The van der Waals surface area contributed by atoms with Crippen LogP contribution in [0.5, 0.6) is 0 Å². The lowest BCUT2D eigenvalue weighted by atomic mass is 9.92. The van der Waals surface area contributed by atoms with Crippen LogP contribution in [0.15, 0.2) is 35.5 Å². The molecule has 3 aliphatic heterocycles. The van der Waals surface area contributed by atoms with Gasteiger partial charge in [0.05, 0.1) is 29.4 Å². The highest BCUT2D eigenvalue weighted by molar-refractivity contribution is 6.03. The summed E-state index contributed by atoms with van der Waals surface area (Å²) in [7, 11) is 1.46. The average molecular weight is 436 g/mol. The van der Waals surface area contributed by atoms with Crippen LogP contribution in [0, 0.1) is 0 Å². The summed E-state index contributed by atoms with van der Waals surface area (Å²) in [5.74, 6) is -0.726. The van der Waals surface area contributed by atoms with Crippen LogP contribution in [0.2, 0.25) is 0 Å². The molecule has 0 aromatic heterocycles. The zero-order valence-corrected chi connectivity index (χ0v) is 17.0. The van der Waals surface area contributed by atoms with Gasteiger partial charge in [-0.15, -0.1) is 0 Å². The standard InChI is InChI=1S/C21H23F3N4O3/c1-26-15-11-28(12-16(29)27-9-5-2-6-10-27)19(30)17(15)18(25-20(26)31)13-7-3-4-8-14(13)21(22,23)24/h3-4,7-8,18H,2,5-6,9-12H2,1H3,(H,25,31)/t18-/m0/s1. The van der Waals surface area contributed by atoms with E-state index >= 15 is 0 Å². The van der Waals surface area contributed by atoms with Crippen LogP contribution in [0.3, 0.4) is 0 Å². The molecule has 1 saturated heterocycles.